The summed E-state index contributed by atoms with van der Waals surface area (Å²) in [5, 5.41) is 22.2. The van der Waals surface area contributed by atoms with Gasteiger partial charge in [0.25, 0.3) is 0 Å². The van der Waals surface area contributed by atoms with Crippen LogP contribution in [0.1, 0.15) is 11.4 Å². The van der Waals surface area contributed by atoms with Gasteiger partial charge < -0.3 is 20.1 Å². The van der Waals surface area contributed by atoms with Gasteiger partial charge >= 0.3 is 0 Å². The second-order valence-electron chi connectivity index (χ2n) is 4.17. The largest absolute Gasteiger partial charge is 0.504 e. The Kier molecular flexibility index (Phi) is 3.84. The molecule has 2 aromatic rings. The molecule has 0 bridgehead atoms. The molecule has 0 amide bonds. The third-order valence-corrected chi connectivity index (χ3v) is 2.86. The molecular weight excluding hydrogens is 230 g/mol. The summed E-state index contributed by atoms with van der Waals surface area (Å²) >= 11 is 0. The molecule has 5 nitrogen and oxygen atoms in total. The van der Waals surface area contributed by atoms with Crippen LogP contribution in [0.5, 0.6) is 11.5 Å². The lowest BCUT2D eigenvalue weighted by molar-refractivity contribution is 0.398. The minimum absolute atomic E-state index is 0.0537. The summed E-state index contributed by atoms with van der Waals surface area (Å²) in [6.45, 7) is 1.28. The third kappa shape index (κ3) is 2.81. The van der Waals surface area contributed by atoms with Gasteiger partial charge in [0.1, 0.15) is 5.82 Å². The van der Waals surface area contributed by atoms with Crippen LogP contribution in [-0.4, -0.2) is 26.3 Å². The summed E-state index contributed by atoms with van der Waals surface area (Å²) in [5.41, 5.74) is 0.690. The molecule has 0 aliphatic rings. The average Bonchev–Trinajstić information content (AvgIpc) is 2.76. The van der Waals surface area contributed by atoms with E-state index >= 15 is 0 Å². The lowest BCUT2D eigenvalue weighted by Gasteiger charge is -2.07. The number of hydrogen-bond acceptors (Lipinski definition) is 4. The highest BCUT2D eigenvalue weighted by molar-refractivity contribution is 5.44. The van der Waals surface area contributed by atoms with Gasteiger partial charge in [0.15, 0.2) is 11.5 Å². The molecule has 3 N–H and O–H groups in total. The standard InChI is InChI=1S/C13H17N3O2/c1-16-8-7-15-12(16)5-6-14-9-10-3-2-4-11(17)13(10)18/h2-4,7-8,14,17-18H,5-6,9H2,1H3. The Hall–Kier alpha value is -2.01. The van der Waals surface area contributed by atoms with Crippen molar-refractivity contribution < 1.29 is 10.2 Å². The molecule has 1 aromatic heterocycles. The number of aromatic nitrogens is 2. The highest BCUT2D eigenvalue weighted by Gasteiger charge is 2.05. The number of hydrogen-bond donors (Lipinski definition) is 3. The van der Waals surface area contributed by atoms with Crippen LogP contribution in [0, 0.1) is 0 Å². The molecule has 1 heterocycles. The van der Waals surface area contributed by atoms with Gasteiger partial charge in [-0.3, -0.25) is 0 Å². The maximum absolute atomic E-state index is 9.62. The van der Waals surface area contributed by atoms with Crippen molar-refractivity contribution >= 4 is 0 Å². The van der Waals surface area contributed by atoms with Gasteiger partial charge in [0, 0.05) is 44.5 Å². The van der Waals surface area contributed by atoms with Crippen molar-refractivity contribution in [3.63, 3.8) is 0 Å². The SMILES string of the molecule is Cn1ccnc1CCNCc1cccc(O)c1O. The van der Waals surface area contributed by atoms with Crippen LogP contribution in [0.25, 0.3) is 0 Å². The lowest BCUT2D eigenvalue weighted by Crippen LogP contribution is -2.18. The van der Waals surface area contributed by atoms with E-state index in [0.717, 1.165) is 18.8 Å². The lowest BCUT2D eigenvalue weighted by atomic mass is 10.2. The fourth-order valence-electron chi connectivity index (χ4n) is 1.78. The first-order valence-electron chi connectivity index (χ1n) is 5.85. The van der Waals surface area contributed by atoms with Gasteiger partial charge in [-0.05, 0) is 6.07 Å². The van der Waals surface area contributed by atoms with Crippen LogP contribution in [0.2, 0.25) is 0 Å². The summed E-state index contributed by atoms with van der Waals surface area (Å²) < 4.78 is 1.98. The second kappa shape index (κ2) is 5.55. The number of phenolic OH excluding ortho intramolecular Hbond substituents is 2. The quantitative estimate of drug-likeness (QED) is 0.548. The zero-order valence-corrected chi connectivity index (χ0v) is 10.3. The molecule has 5 heteroatoms. The zero-order valence-electron chi connectivity index (χ0n) is 10.3. The molecule has 0 atom stereocenters. The average molecular weight is 247 g/mol. The number of phenols is 2. The van der Waals surface area contributed by atoms with E-state index < -0.39 is 0 Å². The van der Waals surface area contributed by atoms with Gasteiger partial charge in [-0.15, -0.1) is 0 Å². The van der Waals surface area contributed by atoms with E-state index in [4.69, 9.17) is 0 Å². The molecule has 0 unspecified atom stereocenters. The Labute approximate surface area is 106 Å². The Balaban J connectivity index is 1.82. The number of nitrogens with one attached hydrogen (secondary N) is 1. The number of aromatic hydroxyl groups is 2. The van der Waals surface area contributed by atoms with E-state index in [1.807, 2.05) is 17.8 Å². The van der Waals surface area contributed by atoms with Gasteiger partial charge in [-0.25, -0.2) is 4.98 Å². The molecule has 18 heavy (non-hydrogen) atoms. The number of benzene rings is 1. The van der Waals surface area contributed by atoms with Crippen LogP contribution in [0.4, 0.5) is 0 Å². The molecule has 0 fully saturated rings. The van der Waals surface area contributed by atoms with Crippen molar-refractivity contribution in [1.82, 2.24) is 14.9 Å². The smallest absolute Gasteiger partial charge is 0.161 e. The molecule has 0 aliphatic carbocycles. The summed E-state index contributed by atoms with van der Waals surface area (Å²) in [4.78, 5) is 4.23. The Morgan fingerprint density at radius 3 is 2.89 bits per heavy atom. The first-order chi connectivity index (χ1) is 8.68. The van der Waals surface area contributed by atoms with Crippen molar-refractivity contribution in [1.29, 1.82) is 0 Å². The highest BCUT2D eigenvalue weighted by Crippen LogP contribution is 2.27. The maximum Gasteiger partial charge on any atom is 0.161 e. The predicted octanol–water partition coefficient (Wildman–Crippen LogP) is 1.16. The van der Waals surface area contributed by atoms with E-state index in [2.05, 4.69) is 10.3 Å². The number of imidazole rings is 1. The number of aryl methyl sites for hydroxylation is 1. The second-order valence-corrected chi connectivity index (χ2v) is 4.17. The third-order valence-electron chi connectivity index (χ3n) is 2.86. The molecule has 1 aromatic carbocycles. The molecular formula is C13H17N3O2. The molecule has 0 saturated carbocycles. The van der Waals surface area contributed by atoms with Crippen molar-refractivity contribution in [2.75, 3.05) is 6.54 Å². The minimum atomic E-state index is -0.0848. The number of rotatable bonds is 5. The highest BCUT2D eigenvalue weighted by atomic mass is 16.3. The van der Waals surface area contributed by atoms with Crippen LogP contribution in [-0.2, 0) is 20.0 Å². The van der Waals surface area contributed by atoms with E-state index in [9.17, 15) is 10.2 Å². The van der Waals surface area contributed by atoms with Crippen molar-refractivity contribution in [3.05, 3.63) is 42.0 Å². The van der Waals surface area contributed by atoms with Crippen LogP contribution < -0.4 is 5.32 Å². The number of nitrogens with zero attached hydrogens (tertiary/aromatic N) is 2. The molecule has 0 aliphatic heterocycles. The Morgan fingerprint density at radius 2 is 2.17 bits per heavy atom. The normalized spacial score (nSPS) is 10.7. The van der Waals surface area contributed by atoms with Gasteiger partial charge in [0.05, 0.1) is 0 Å². The van der Waals surface area contributed by atoms with Crippen molar-refractivity contribution in [2.24, 2.45) is 7.05 Å². The van der Waals surface area contributed by atoms with E-state index in [0.29, 0.717) is 12.1 Å². The fraction of sp³-hybridized carbons (Fsp3) is 0.308. The first kappa shape index (κ1) is 12.4. The topological polar surface area (TPSA) is 70.3 Å². The van der Waals surface area contributed by atoms with Crippen LogP contribution >= 0.6 is 0 Å². The zero-order chi connectivity index (χ0) is 13.0. The summed E-state index contributed by atoms with van der Waals surface area (Å²) in [6.07, 6.45) is 4.51. The molecule has 2 rings (SSSR count). The molecule has 0 saturated heterocycles. The fourth-order valence-corrected chi connectivity index (χ4v) is 1.78. The van der Waals surface area contributed by atoms with Gasteiger partial charge in [-0.1, -0.05) is 12.1 Å². The van der Waals surface area contributed by atoms with Gasteiger partial charge in [-0.2, -0.15) is 0 Å². The number of para-hydroxylation sites is 1. The molecule has 0 spiro atoms. The van der Waals surface area contributed by atoms with E-state index in [1.165, 1.54) is 6.07 Å². The maximum atomic E-state index is 9.62. The Bertz CT molecular complexity index is 523. The summed E-state index contributed by atoms with van der Waals surface area (Å²) in [7, 11) is 1.96. The monoisotopic (exact) mass is 247 g/mol. The van der Waals surface area contributed by atoms with E-state index in [-0.39, 0.29) is 11.5 Å². The van der Waals surface area contributed by atoms with Crippen molar-refractivity contribution in [2.45, 2.75) is 13.0 Å². The predicted molar refractivity (Wildman–Crippen MR) is 68.4 cm³/mol. The summed E-state index contributed by atoms with van der Waals surface area (Å²) in [6, 6.07) is 4.96. The van der Waals surface area contributed by atoms with E-state index in [1.54, 1.807) is 18.3 Å². The summed E-state index contributed by atoms with van der Waals surface area (Å²) in [5.74, 6) is 0.878. The molecule has 0 radical (unpaired) electrons. The molecule has 96 valence electrons. The first-order valence-corrected chi connectivity index (χ1v) is 5.85. The van der Waals surface area contributed by atoms with Crippen LogP contribution in [0.15, 0.2) is 30.6 Å². The van der Waals surface area contributed by atoms with Crippen LogP contribution in [0.3, 0.4) is 0 Å². The Morgan fingerprint density at radius 1 is 1.33 bits per heavy atom. The van der Waals surface area contributed by atoms with Crippen molar-refractivity contribution in [3.8, 4) is 11.5 Å². The minimum Gasteiger partial charge on any atom is -0.504 e. The van der Waals surface area contributed by atoms with Gasteiger partial charge in [0.2, 0.25) is 0 Å².